The maximum absolute atomic E-state index is 11.0. The van der Waals surface area contributed by atoms with Gasteiger partial charge in [0.15, 0.2) is 0 Å². The van der Waals surface area contributed by atoms with Gasteiger partial charge in [-0.3, -0.25) is 4.79 Å². The van der Waals surface area contributed by atoms with Crippen LogP contribution in [-0.4, -0.2) is 5.78 Å². The number of hydrogen-bond acceptors (Lipinski definition) is 2. The van der Waals surface area contributed by atoms with Gasteiger partial charge in [-0.05, 0) is 53.8 Å². The van der Waals surface area contributed by atoms with Gasteiger partial charge in [-0.15, -0.1) is 0 Å². The zero-order valence-corrected chi connectivity index (χ0v) is 11.0. The lowest BCUT2D eigenvalue weighted by Gasteiger charge is -1.97. The Morgan fingerprint density at radius 1 is 1.31 bits per heavy atom. The van der Waals surface area contributed by atoms with E-state index >= 15 is 0 Å². The summed E-state index contributed by atoms with van der Waals surface area (Å²) in [6, 6.07) is 11.8. The third-order valence-corrected chi connectivity index (χ3v) is 2.86. The quantitative estimate of drug-likeness (QED) is 0.806. The van der Waals surface area contributed by atoms with Crippen molar-refractivity contribution >= 4 is 28.4 Å². The van der Waals surface area contributed by atoms with Crippen LogP contribution in [0.15, 0.2) is 40.8 Å². The van der Waals surface area contributed by atoms with E-state index in [1.165, 1.54) is 3.57 Å². The Hall–Kier alpha value is -1.10. The van der Waals surface area contributed by atoms with Crippen LogP contribution in [0, 0.1) is 3.57 Å². The first-order valence-electron chi connectivity index (χ1n) is 4.99. The number of Topliss-reactive ketones (excluding diaryl/α,β-unsaturated/α-hetero) is 1. The number of hydrogen-bond donors (Lipinski definition) is 0. The summed E-state index contributed by atoms with van der Waals surface area (Å²) >= 11 is 2.26. The lowest BCUT2D eigenvalue weighted by atomic mass is 10.2. The van der Waals surface area contributed by atoms with Gasteiger partial charge < -0.3 is 4.42 Å². The fourth-order valence-electron chi connectivity index (χ4n) is 1.52. The molecule has 0 saturated carbocycles. The summed E-state index contributed by atoms with van der Waals surface area (Å²) in [6.07, 6.45) is 0.365. The Kier molecular flexibility index (Phi) is 3.43. The predicted molar refractivity (Wildman–Crippen MR) is 71.2 cm³/mol. The monoisotopic (exact) mass is 326 g/mol. The normalized spacial score (nSPS) is 10.4. The molecule has 0 aliphatic carbocycles. The van der Waals surface area contributed by atoms with Crippen LogP contribution in [-0.2, 0) is 11.2 Å². The van der Waals surface area contributed by atoms with E-state index in [-0.39, 0.29) is 5.78 Å². The van der Waals surface area contributed by atoms with Crippen LogP contribution >= 0.6 is 22.6 Å². The molecule has 0 aliphatic rings. The second-order valence-electron chi connectivity index (χ2n) is 3.66. The van der Waals surface area contributed by atoms with Crippen LogP contribution in [0.1, 0.15) is 12.7 Å². The summed E-state index contributed by atoms with van der Waals surface area (Å²) in [7, 11) is 0. The average molecular weight is 326 g/mol. The molecule has 16 heavy (non-hydrogen) atoms. The number of rotatable bonds is 3. The van der Waals surface area contributed by atoms with Crippen molar-refractivity contribution in [1.82, 2.24) is 0 Å². The zero-order valence-electron chi connectivity index (χ0n) is 8.87. The highest BCUT2D eigenvalue weighted by Crippen LogP contribution is 2.23. The van der Waals surface area contributed by atoms with E-state index < -0.39 is 0 Å². The van der Waals surface area contributed by atoms with Gasteiger partial charge in [0.2, 0.25) is 0 Å². The molecule has 0 radical (unpaired) electrons. The molecule has 0 spiro atoms. The molecule has 3 heteroatoms. The standard InChI is InChI=1S/C13H11IO2/c1-9(15)7-12-5-6-13(16-12)10-3-2-4-11(14)8-10/h2-6,8H,7H2,1H3. The molecule has 0 aliphatic heterocycles. The van der Waals surface area contributed by atoms with Crippen molar-refractivity contribution in [2.45, 2.75) is 13.3 Å². The Morgan fingerprint density at radius 3 is 2.81 bits per heavy atom. The van der Waals surface area contributed by atoms with E-state index in [0.717, 1.165) is 17.1 Å². The van der Waals surface area contributed by atoms with Gasteiger partial charge in [-0.1, -0.05) is 12.1 Å². The fraction of sp³-hybridized carbons (Fsp3) is 0.154. The van der Waals surface area contributed by atoms with Crippen molar-refractivity contribution in [2.24, 2.45) is 0 Å². The van der Waals surface area contributed by atoms with E-state index in [0.29, 0.717) is 6.42 Å². The summed E-state index contributed by atoms with van der Waals surface area (Å²) in [5.74, 6) is 1.65. The first-order chi connectivity index (χ1) is 7.65. The topological polar surface area (TPSA) is 30.2 Å². The summed E-state index contributed by atoms with van der Waals surface area (Å²) in [6.45, 7) is 1.56. The van der Waals surface area contributed by atoms with E-state index in [2.05, 4.69) is 28.7 Å². The van der Waals surface area contributed by atoms with Crippen LogP contribution in [0.4, 0.5) is 0 Å². The average Bonchev–Trinajstić information content (AvgIpc) is 2.65. The van der Waals surface area contributed by atoms with Crippen LogP contribution < -0.4 is 0 Å². The van der Waals surface area contributed by atoms with Gasteiger partial charge in [0.25, 0.3) is 0 Å². The highest BCUT2D eigenvalue weighted by atomic mass is 127. The van der Waals surface area contributed by atoms with Crippen LogP contribution in [0.5, 0.6) is 0 Å². The van der Waals surface area contributed by atoms with E-state index in [9.17, 15) is 4.79 Å². The summed E-state index contributed by atoms with van der Waals surface area (Å²) in [4.78, 5) is 11.0. The van der Waals surface area contributed by atoms with Crippen molar-refractivity contribution in [3.63, 3.8) is 0 Å². The van der Waals surface area contributed by atoms with Gasteiger partial charge in [-0.2, -0.15) is 0 Å². The zero-order chi connectivity index (χ0) is 11.5. The molecule has 2 aromatic rings. The second kappa shape index (κ2) is 4.82. The van der Waals surface area contributed by atoms with Gasteiger partial charge in [0, 0.05) is 9.13 Å². The summed E-state index contributed by atoms with van der Waals surface area (Å²) in [5.41, 5.74) is 1.04. The van der Waals surface area contributed by atoms with E-state index in [4.69, 9.17) is 4.42 Å². The molecular weight excluding hydrogens is 315 g/mol. The van der Waals surface area contributed by atoms with Crippen molar-refractivity contribution < 1.29 is 9.21 Å². The Morgan fingerprint density at radius 2 is 2.12 bits per heavy atom. The number of furan rings is 1. The lowest BCUT2D eigenvalue weighted by molar-refractivity contribution is -0.116. The predicted octanol–water partition coefficient (Wildman–Crippen LogP) is 3.68. The van der Waals surface area contributed by atoms with Crippen LogP contribution in [0.25, 0.3) is 11.3 Å². The van der Waals surface area contributed by atoms with Gasteiger partial charge in [-0.25, -0.2) is 0 Å². The third kappa shape index (κ3) is 2.72. The Bertz CT molecular complexity index is 514. The van der Waals surface area contributed by atoms with Crippen molar-refractivity contribution in [3.8, 4) is 11.3 Å². The molecule has 0 N–H and O–H groups in total. The molecule has 0 unspecified atom stereocenters. The smallest absolute Gasteiger partial charge is 0.137 e. The number of carbonyl (C=O) groups excluding carboxylic acids is 1. The van der Waals surface area contributed by atoms with Gasteiger partial charge in [0.05, 0.1) is 6.42 Å². The Balaban J connectivity index is 2.28. The minimum Gasteiger partial charge on any atom is -0.461 e. The molecule has 1 aromatic heterocycles. The molecule has 0 fully saturated rings. The number of halogens is 1. The summed E-state index contributed by atoms with van der Waals surface area (Å²) < 4.78 is 6.78. The largest absolute Gasteiger partial charge is 0.461 e. The van der Waals surface area contributed by atoms with E-state index in [1.54, 1.807) is 6.92 Å². The Labute approximate surface area is 108 Å². The highest BCUT2D eigenvalue weighted by molar-refractivity contribution is 14.1. The van der Waals surface area contributed by atoms with Crippen LogP contribution in [0.3, 0.4) is 0 Å². The first kappa shape index (κ1) is 11.4. The molecule has 2 nitrogen and oxygen atoms in total. The fourth-order valence-corrected chi connectivity index (χ4v) is 2.06. The molecule has 1 heterocycles. The molecule has 1 aromatic carbocycles. The third-order valence-electron chi connectivity index (χ3n) is 2.19. The molecule has 0 amide bonds. The lowest BCUT2D eigenvalue weighted by Crippen LogP contribution is -1.93. The van der Waals surface area contributed by atoms with Gasteiger partial charge >= 0.3 is 0 Å². The number of carbonyl (C=O) groups is 1. The molecule has 2 rings (SSSR count). The maximum atomic E-state index is 11.0. The van der Waals surface area contributed by atoms with E-state index in [1.807, 2.05) is 30.3 Å². The molecule has 82 valence electrons. The van der Waals surface area contributed by atoms with Crippen LogP contribution in [0.2, 0.25) is 0 Å². The van der Waals surface area contributed by atoms with Crippen molar-refractivity contribution in [1.29, 1.82) is 0 Å². The molecular formula is C13H11IO2. The van der Waals surface area contributed by atoms with Gasteiger partial charge in [0.1, 0.15) is 17.3 Å². The molecule has 0 saturated heterocycles. The SMILES string of the molecule is CC(=O)Cc1ccc(-c2cccc(I)c2)o1. The number of benzene rings is 1. The molecule has 0 bridgehead atoms. The minimum absolute atomic E-state index is 0.114. The van der Waals surface area contributed by atoms with Crippen molar-refractivity contribution in [2.75, 3.05) is 0 Å². The highest BCUT2D eigenvalue weighted by Gasteiger charge is 2.06. The number of ketones is 1. The molecule has 0 atom stereocenters. The minimum atomic E-state index is 0.114. The maximum Gasteiger partial charge on any atom is 0.137 e. The van der Waals surface area contributed by atoms with Crippen molar-refractivity contribution in [3.05, 3.63) is 45.7 Å². The summed E-state index contributed by atoms with van der Waals surface area (Å²) in [5, 5.41) is 0. The second-order valence-corrected chi connectivity index (χ2v) is 4.90. The first-order valence-corrected chi connectivity index (χ1v) is 6.07.